The second-order valence-corrected chi connectivity index (χ2v) is 10.5. The van der Waals surface area contributed by atoms with Gasteiger partial charge in [-0.15, -0.1) is 0 Å². The van der Waals surface area contributed by atoms with Gasteiger partial charge >= 0.3 is 12.2 Å². The number of carbonyl (C=O) groups is 2. The summed E-state index contributed by atoms with van der Waals surface area (Å²) < 4.78 is 35.4. The van der Waals surface area contributed by atoms with E-state index in [-0.39, 0.29) is 37.5 Å². The van der Waals surface area contributed by atoms with Crippen LogP contribution in [-0.4, -0.2) is 70.8 Å². The Morgan fingerprint density at radius 3 is 2.50 bits per heavy atom. The van der Waals surface area contributed by atoms with E-state index in [0.29, 0.717) is 11.2 Å². The highest BCUT2D eigenvalue weighted by Gasteiger charge is 2.65. The van der Waals surface area contributed by atoms with Crippen LogP contribution in [0.4, 0.5) is 15.4 Å². The first-order valence-electron chi connectivity index (χ1n) is 12.5. The largest absolute Gasteiger partial charge is 0.508 e. The normalized spacial score (nSPS) is 25.8. The van der Waals surface area contributed by atoms with Crippen LogP contribution in [0.1, 0.15) is 47.2 Å². The first-order chi connectivity index (χ1) is 18.0. The Morgan fingerprint density at radius 2 is 1.82 bits per heavy atom. The summed E-state index contributed by atoms with van der Waals surface area (Å²) in [5, 5.41) is 17.4. The summed E-state index contributed by atoms with van der Waals surface area (Å²) in [5.41, 5.74) is -0.934. The molecule has 2 aromatic rings. The molecule has 2 aromatic heterocycles. The predicted octanol–water partition coefficient (Wildman–Crippen LogP) is 3.38. The molecule has 2 aliphatic rings. The van der Waals surface area contributed by atoms with Gasteiger partial charge in [-0.1, -0.05) is 27.7 Å². The minimum Gasteiger partial charge on any atom is -0.449 e. The molecule has 0 aromatic carbocycles. The van der Waals surface area contributed by atoms with Gasteiger partial charge < -0.3 is 28.4 Å². The van der Waals surface area contributed by atoms with Crippen molar-refractivity contribution in [3.8, 4) is 6.07 Å². The van der Waals surface area contributed by atoms with Gasteiger partial charge in [-0.25, -0.2) is 19.1 Å². The first-order valence-corrected chi connectivity index (χ1v) is 12.5. The van der Waals surface area contributed by atoms with Gasteiger partial charge in [0.2, 0.25) is 5.60 Å². The van der Waals surface area contributed by atoms with Crippen molar-refractivity contribution in [2.75, 3.05) is 25.1 Å². The molecule has 2 saturated heterocycles. The SMILES string of the molecule is CC(C)COC(=O)Nc1ncnn2c([C@]3(C#N)O[C@H](COC(=O)OCC(C)C)[C@H]4OC(C)(C)O[C@H]43)ccc12. The van der Waals surface area contributed by atoms with Gasteiger partial charge in [0.05, 0.1) is 18.9 Å². The number of carbonyl (C=O) groups excluding carboxylic acids is 2. The van der Waals surface area contributed by atoms with E-state index in [9.17, 15) is 14.9 Å². The highest BCUT2D eigenvalue weighted by molar-refractivity contribution is 5.88. The monoisotopic (exact) mass is 531 g/mol. The van der Waals surface area contributed by atoms with Gasteiger partial charge in [-0.2, -0.15) is 10.4 Å². The van der Waals surface area contributed by atoms with Crippen LogP contribution in [0.5, 0.6) is 0 Å². The zero-order valence-electron chi connectivity index (χ0n) is 22.3. The molecule has 0 bridgehead atoms. The first kappa shape index (κ1) is 27.6. The van der Waals surface area contributed by atoms with Crippen LogP contribution in [0, 0.1) is 23.2 Å². The number of aromatic nitrogens is 3. The van der Waals surface area contributed by atoms with Gasteiger partial charge in [0, 0.05) is 0 Å². The Kier molecular flexibility index (Phi) is 7.78. The number of fused-ring (bicyclic) bond motifs is 2. The van der Waals surface area contributed by atoms with Gasteiger partial charge in [-0.3, -0.25) is 5.32 Å². The second-order valence-electron chi connectivity index (χ2n) is 10.5. The molecule has 2 fully saturated rings. The summed E-state index contributed by atoms with van der Waals surface area (Å²) >= 11 is 0. The van der Waals surface area contributed by atoms with Crippen LogP contribution >= 0.6 is 0 Å². The minimum absolute atomic E-state index is 0.148. The van der Waals surface area contributed by atoms with E-state index in [1.807, 2.05) is 27.7 Å². The number of anilines is 1. The Morgan fingerprint density at radius 1 is 1.11 bits per heavy atom. The summed E-state index contributed by atoms with van der Waals surface area (Å²) in [6, 6.07) is 5.53. The molecule has 13 nitrogen and oxygen atoms in total. The highest BCUT2D eigenvalue weighted by Crippen LogP contribution is 2.49. The van der Waals surface area contributed by atoms with Crippen LogP contribution in [0.3, 0.4) is 0 Å². The molecular weight excluding hydrogens is 498 g/mol. The zero-order chi connectivity index (χ0) is 27.7. The van der Waals surface area contributed by atoms with Crippen LogP contribution < -0.4 is 5.32 Å². The van der Waals surface area contributed by atoms with Gasteiger partial charge in [0.15, 0.2) is 11.6 Å². The standard InChI is InChI=1S/C25H33N5O8/c1-14(2)9-33-22(31)29-21-16-7-8-18(30(16)28-13-27-21)25(12-26)20-19(37-24(5,6)38-20)17(36-25)11-35-23(32)34-10-15(3)4/h7-8,13-15,17,19-20H,9-11H2,1-6H3,(H,27,28,29,31)/t17-,19-,20-,25+/m1/s1. The maximum Gasteiger partial charge on any atom is 0.508 e. The number of ether oxygens (including phenoxy) is 6. The molecule has 4 atom stereocenters. The van der Waals surface area contributed by atoms with E-state index >= 15 is 0 Å². The van der Waals surface area contributed by atoms with E-state index in [2.05, 4.69) is 21.5 Å². The van der Waals surface area contributed by atoms with Crippen LogP contribution in [0.15, 0.2) is 18.5 Å². The number of amides is 1. The van der Waals surface area contributed by atoms with Crippen molar-refractivity contribution >= 4 is 23.6 Å². The maximum atomic E-state index is 12.2. The zero-order valence-corrected chi connectivity index (χ0v) is 22.3. The number of hydrogen-bond acceptors (Lipinski definition) is 11. The van der Waals surface area contributed by atoms with E-state index in [4.69, 9.17) is 28.4 Å². The molecule has 0 saturated carbocycles. The van der Waals surface area contributed by atoms with Gasteiger partial charge in [0.1, 0.15) is 42.8 Å². The van der Waals surface area contributed by atoms with Gasteiger partial charge in [-0.05, 0) is 37.8 Å². The van der Waals surface area contributed by atoms with Crippen molar-refractivity contribution in [2.45, 2.75) is 71.2 Å². The number of nitrogens with zero attached hydrogens (tertiary/aromatic N) is 4. The molecule has 1 amide bonds. The maximum absolute atomic E-state index is 12.2. The number of nitriles is 1. The summed E-state index contributed by atoms with van der Waals surface area (Å²) in [5.74, 6) is -0.512. The number of rotatable bonds is 8. The van der Waals surface area contributed by atoms with Crippen molar-refractivity contribution in [3.05, 3.63) is 24.2 Å². The molecule has 0 radical (unpaired) electrons. The molecule has 1 N–H and O–H groups in total. The topological polar surface area (TPSA) is 156 Å². The predicted molar refractivity (Wildman–Crippen MR) is 131 cm³/mol. The molecule has 38 heavy (non-hydrogen) atoms. The van der Waals surface area contributed by atoms with Crippen molar-refractivity contribution < 1.29 is 38.0 Å². The van der Waals surface area contributed by atoms with Crippen molar-refractivity contribution in [3.63, 3.8) is 0 Å². The molecule has 2 aliphatic heterocycles. The van der Waals surface area contributed by atoms with Crippen molar-refractivity contribution in [2.24, 2.45) is 11.8 Å². The van der Waals surface area contributed by atoms with Gasteiger partial charge in [0.25, 0.3) is 0 Å². The van der Waals surface area contributed by atoms with Crippen LogP contribution in [0.2, 0.25) is 0 Å². The lowest BCUT2D eigenvalue weighted by molar-refractivity contribution is -0.205. The Labute approximate surface area is 220 Å². The molecule has 0 aliphatic carbocycles. The Hall–Kier alpha value is -3.47. The molecule has 206 valence electrons. The summed E-state index contributed by atoms with van der Waals surface area (Å²) in [6.07, 6.45) is -2.68. The lowest BCUT2D eigenvalue weighted by atomic mass is 9.92. The quantitative estimate of drug-likeness (QED) is 0.498. The molecule has 0 unspecified atom stereocenters. The van der Waals surface area contributed by atoms with Crippen molar-refractivity contribution in [1.29, 1.82) is 5.26 Å². The molecule has 4 rings (SSSR count). The molecular formula is C25H33N5O8. The fourth-order valence-electron chi connectivity index (χ4n) is 4.34. The third-order valence-electron chi connectivity index (χ3n) is 5.90. The highest BCUT2D eigenvalue weighted by atomic mass is 16.8. The van der Waals surface area contributed by atoms with Crippen molar-refractivity contribution in [1.82, 2.24) is 14.6 Å². The lowest BCUT2D eigenvalue weighted by Crippen LogP contribution is -2.40. The summed E-state index contributed by atoms with van der Waals surface area (Å²) in [6.45, 7) is 11.4. The summed E-state index contributed by atoms with van der Waals surface area (Å²) in [7, 11) is 0. The van der Waals surface area contributed by atoms with Crippen LogP contribution in [0.25, 0.3) is 5.52 Å². The Balaban J connectivity index is 1.62. The smallest absolute Gasteiger partial charge is 0.449 e. The fraction of sp³-hybridized carbons (Fsp3) is 0.640. The van der Waals surface area contributed by atoms with E-state index in [0.717, 1.165) is 0 Å². The van der Waals surface area contributed by atoms with E-state index in [1.165, 1.54) is 10.8 Å². The Bertz CT molecular complexity index is 1220. The number of hydrogen-bond donors (Lipinski definition) is 1. The van der Waals surface area contributed by atoms with E-state index in [1.54, 1.807) is 26.0 Å². The number of nitrogens with one attached hydrogen (secondary N) is 1. The molecule has 0 spiro atoms. The average molecular weight is 532 g/mol. The lowest BCUT2D eigenvalue weighted by Gasteiger charge is -2.28. The molecule has 4 heterocycles. The molecule has 13 heteroatoms. The minimum atomic E-state index is -1.68. The second kappa shape index (κ2) is 10.7. The average Bonchev–Trinajstić information content (AvgIpc) is 3.51. The van der Waals surface area contributed by atoms with Crippen LogP contribution in [-0.2, 0) is 34.0 Å². The fourth-order valence-corrected chi connectivity index (χ4v) is 4.34. The third-order valence-corrected chi connectivity index (χ3v) is 5.90. The third kappa shape index (κ3) is 5.52. The van der Waals surface area contributed by atoms with E-state index < -0.39 is 41.9 Å². The summed E-state index contributed by atoms with van der Waals surface area (Å²) in [4.78, 5) is 28.5.